The molecule has 3 N–H and O–H groups in total. The molecular formula is C13H12F3N3O2. The van der Waals surface area contributed by atoms with Crippen LogP contribution in [-0.4, -0.2) is 21.2 Å². The van der Waals surface area contributed by atoms with Crippen LogP contribution in [0.5, 0.6) is 5.75 Å². The van der Waals surface area contributed by atoms with Gasteiger partial charge in [-0.1, -0.05) is 13.8 Å². The molecule has 1 aromatic carbocycles. The van der Waals surface area contributed by atoms with E-state index in [1.54, 1.807) is 0 Å². The molecule has 21 heavy (non-hydrogen) atoms. The monoisotopic (exact) mass is 299 g/mol. The fourth-order valence-corrected chi connectivity index (χ4v) is 1.64. The summed E-state index contributed by atoms with van der Waals surface area (Å²) in [5.74, 6) is -7.16. The topological polar surface area (TPSA) is 78.0 Å². The van der Waals surface area contributed by atoms with Gasteiger partial charge in [0, 0.05) is 11.8 Å². The van der Waals surface area contributed by atoms with Gasteiger partial charge < -0.3 is 10.4 Å². The van der Waals surface area contributed by atoms with E-state index in [0.717, 1.165) is 5.69 Å². The van der Waals surface area contributed by atoms with E-state index in [2.05, 4.69) is 15.5 Å². The maximum atomic E-state index is 13.6. The fraction of sp³-hybridized carbons (Fsp3) is 0.231. The number of anilines is 1. The summed E-state index contributed by atoms with van der Waals surface area (Å²) in [4.78, 5) is 11.8. The van der Waals surface area contributed by atoms with Crippen LogP contribution < -0.4 is 5.32 Å². The van der Waals surface area contributed by atoms with Gasteiger partial charge in [0.25, 0.3) is 5.91 Å². The zero-order valence-electron chi connectivity index (χ0n) is 11.2. The predicted octanol–water partition coefficient (Wildman–Crippen LogP) is 2.91. The first-order valence-corrected chi connectivity index (χ1v) is 6.04. The summed E-state index contributed by atoms with van der Waals surface area (Å²) in [7, 11) is 0. The third-order valence-electron chi connectivity index (χ3n) is 2.84. The molecule has 0 bridgehead atoms. The molecule has 112 valence electrons. The highest BCUT2D eigenvalue weighted by atomic mass is 19.2. The summed E-state index contributed by atoms with van der Waals surface area (Å²) in [6.07, 6.45) is 0. The number of carbonyl (C=O) groups is 1. The molecule has 0 aliphatic heterocycles. The SMILES string of the molecule is CC(C)c1cc(NC(=O)c2cc(F)c(F)c(O)c2F)n[nH]1. The molecule has 0 fully saturated rings. The van der Waals surface area contributed by atoms with Crippen LogP contribution >= 0.6 is 0 Å². The van der Waals surface area contributed by atoms with Gasteiger partial charge in [-0.15, -0.1) is 0 Å². The number of aromatic hydroxyl groups is 1. The van der Waals surface area contributed by atoms with Crippen molar-refractivity contribution in [2.75, 3.05) is 5.32 Å². The lowest BCUT2D eigenvalue weighted by molar-refractivity contribution is 0.102. The molecule has 2 aromatic rings. The molecule has 0 unspecified atom stereocenters. The van der Waals surface area contributed by atoms with Crippen molar-refractivity contribution < 1.29 is 23.1 Å². The minimum atomic E-state index is -1.74. The van der Waals surface area contributed by atoms with Gasteiger partial charge in [-0.05, 0) is 12.0 Å². The Kier molecular flexibility index (Phi) is 3.88. The number of nitrogens with zero attached hydrogens (tertiary/aromatic N) is 1. The van der Waals surface area contributed by atoms with Gasteiger partial charge in [-0.3, -0.25) is 9.89 Å². The smallest absolute Gasteiger partial charge is 0.260 e. The standard InChI is InChI=1S/C13H12F3N3O2/c1-5(2)8-4-9(19-18-8)17-13(21)6-3-7(14)11(16)12(20)10(6)15/h3-5,20H,1-2H3,(H2,17,18,19,21). The van der Waals surface area contributed by atoms with E-state index >= 15 is 0 Å². The summed E-state index contributed by atoms with van der Waals surface area (Å²) in [6, 6.07) is 1.90. The quantitative estimate of drug-likeness (QED) is 0.763. The van der Waals surface area contributed by atoms with Gasteiger partial charge >= 0.3 is 0 Å². The van der Waals surface area contributed by atoms with Crippen LogP contribution in [0.1, 0.15) is 35.8 Å². The molecule has 5 nitrogen and oxygen atoms in total. The Morgan fingerprint density at radius 1 is 1.29 bits per heavy atom. The summed E-state index contributed by atoms with van der Waals surface area (Å²) in [6.45, 7) is 3.79. The number of carbonyl (C=O) groups excluding carboxylic acids is 1. The maximum Gasteiger partial charge on any atom is 0.260 e. The molecule has 0 spiro atoms. The highest BCUT2D eigenvalue weighted by molar-refractivity contribution is 6.04. The molecule has 0 saturated carbocycles. The second kappa shape index (κ2) is 5.47. The van der Waals surface area contributed by atoms with Crippen LogP contribution in [0.2, 0.25) is 0 Å². The van der Waals surface area contributed by atoms with Crippen molar-refractivity contribution in [2.24, 2.45) is 0 Å². The Morgan fingerprint density at radius 3 is 2.52 bits per heavy atom. The van der Waals surface area contributed by atoms with E-state index in [9.17, 15) is 18.0 Å². The number of hydrogen-bond donors (Lipinski definition) is 3. The van der Waals surface area contributed by atoms with Crippen molar-refractivity contribution >= 4 is 11.7 Å². The average molecular weight is 299 g/mol. The third kappa shape index (κ3) is 2.83. The van der Waals surface area contributed by atoms with Crippen molar-refractivity contribution in [3.8, 4) is 5.75 Å². The Bertz CT molecular complexity index is 698. The van der Waals surface area contributed by atoms with Gasteiger partial charge in [-0.25, -0.2) is 8.78 Å². The van der Waals surface area contributed by atoms with E-state index in [1.807, 2.05) is 13.8 Å². The summed E-state index contributed by atoms with van der Waals surface area (Å²) in [5.41, 5.74) is -0.0839. The van der Waals surface area contributed by atoms with Crippen molar-refractivity contribution in [2.45, 2.75) is 19.8 Å². The molecule has 2 rings (SSSR count). The molecule has 1 heterocycles. The summed E-state index contributed by atoms with van der Waals surface area (Å²) in [5, 5.41) is 17.7. The molecule has 8 heteroatoms. The zero-order chi connectivity index (χ0) is 15.7. The van der Waals surface area contributed by atoms with Crippen LogP contribution in [0.3, 0.4) is 0 Å². The van der Waals surface area contributed by atoms with Gasteiger partial charge in [0.15, 0.2) is 23.2 Å². The lowest BCUT2D eigenvalue weighted by Gasteiger charge is -2.06. The Morgan fingerprint density at radius 2 is 1.95 bits per heavy atom. The molecule has 1 amide bonds. The first kappa shape index (κ1) is 14.9. The second-order valence-electron chi connectivity index (χ2n) is 4.70. The fourth-order valence-electron chi connectivity index (χ4n) is 1.64. The normalized spacial score (nSPS) is 11.0. The van der Waals surface area contributed by atoms with Crippen molar-refractivity contribution in [3.05, 3.63) is 40.8 Å². The number of rotatable bonds is 3. The van der Waals surface area contributed by atoms with E-state index in [0.29, 0.717) is 6.07 Å². The molecule has 0 radical (unpaired) electrons. The number of aromatic amines is 1. The summed E-state index contributed by atoms with van der Waals surface area (Å²) < 4.78 is 39.6. The van der Waals surface area contributed by atoms with Gasteiger partial charge in [0.1, 0.15) is 0 Å². The van der Waals surface area contributed by atoms with E-state index in [4.69, 9.17) is 5.11 Å². The van der Waals surface area contributed by atoms with Gasteiger partial charge in [0.05, 0.1) is 5.56 Å². The number of halogens is 3. The minimum absolute atomic E-state index is 0.104. The van der Waals surface area contributed by atoms with Crippen LogP contribution in [0.25, 0.3) is 0 Å². The minimum Gasteiger partial charge on any atom is -0.503 e. The third-order valence-corrected chi connectivity index (χ3v) is 2.84. The van der Waals surface area contributed by atoms with Crippen molar-refractivity contribution in [3.63, 3.8) is 0 Å². The molecule has 0 aliphatic carbocycles. The molecule has 1 aromatic heterocycles. The molecule has 0 aliphatic rings. The number of nitrogens with one attached hydrogen (secondary N) is 2. The number of amides is 1. The van der Waals surface area contributed by atoms with E-state index in [1.165, 1.54) is 6.07 Å². The van der Waals surface area contributed by atoms with Gasteiger partial charge in [-0.2, -0.15) is 9.49 Å². The molecule has 0 atom stereocenters. The average Bonchev–Trinajstić information content (AvgIpc) is 2.89. The highest BCUT2D eigenvalue weighted by Crippen LogP contribution is 2.26. The van der Waals surface area contributed by atoms with Crippen LogP contribution in [-0.2, 0) is 0 Å². The molecule has 0 saturated heterocycles. The molecular weight excluding hydrogens is 287 g/mol. The number of H-pyrrole nitrogens is 1. The van der Waals surface area contributed by atoms with Crippen LogP contribution in [0.4, 0.5) is 19.0 Å². The second-order valence-corrected chi connectivity index (χ2v) is 4.70. The lowest BCUT2D eigenvalue weighted by Crippen LogP contribution is -2.15. The number of phenolic OH excluding ortho intramolecular Hbond substituents is 1. The number of phenols is 1. The first-order valence-electron chi connectivity index (χ1n) is 6.04. The maximum absolute atomic E-state index is 13.6. The Balaban J connectivity index is 2.28. The van der Waals surface area contributed by atoms with Crippen molar-refractivity contribution in [1.29, 1.82) is 0 Å². The number of aromatic nitrogens is 2. The lowest BCUT2D eigenvalue weighted by atomic mass is 10.1. The zero-order valence-corrected chi connectivity index (χ0v) is 11.2. The highest BCUT2D eigenvalue weighted by Gasteiger charge is 2.23. The predicted molar refractivity (Wildman–Crippen MR) is 68.6 cm³/mol. The Hall–Kier alpha value is -2.51. The largest absolute Gasteiger partial charge is 0.503 e. The van der Waals surface area contributed by atoms with Crippen LogP contribution in [0, 0.1) is 17.5 Å². The van der Waals surface area contributed by atoms with Crippen molar-refractivity contribution in [1.82, 2.24) is 10.2 Å². The number of benzene rings is 1. The Labute approximate surface area is 117 Å². The number of hydrogen-bond acceptors (Lipinski definition) is 3. The van der Waals surface area contributed by atoms with Crippen LogP contribution in [0.15, 0.2) is 12.1 Å². The van der Waals surface area contributed by atoms with E-state index < -0.39 is 34.7 Å². The van der Waals surface area contributed by atoms with E-state index in [-0.39, 0.29) is 11.7 Å². The first-order chi connectivity index (χ1) is 9.81. The summed E-state index contributed by atoms with van der Waals surface area (Å²) >= 11 is 0. The van der Waals surface area contributed by atoms with Gasteiger partial charge in [0.2, 0.25) is 5.82 Å².